The van der Waals surface area contributed by atoms with Gasteiger partial charge >= 0.3 is 6.18 Å². The first-order chi connectivity index (χ1) is 21.6. The van der Waals surface area contributed by atoms with Crippen LogP contribution in [-0.2, 0) is 19.3 Å². The molecule has 1 aliphatic heterocycles. The van der Waals surface area contributed by atoms with Crippen molar-refractivity contribution in [3.63, 3.8) is 0 Å². The predicted molar refractivity (Wildman–Crippen MR) is 158 cm³/mol. The first kappa shape index (κ1) is 28.7. The molecule has 9 nitrogen and oxygen atoms in total. The number of carbonyl (C=O) groups is 1. The van der Waals surface area contributed by atoms with Gasteiger partial charge in [0.1, 0.15) is 23.7 Å². The lowest BCUT2D eigenvalue weighted by Crippen LogP contribution is -2.22. The van der Waals surface area contributed by atoms with Crippen LogP contribution in [0.5, 0.6) is 0 Å². The molecule has 0 saturated heterocycles. The second kappa shape index (κ2) is 10.8. The Hall–Kier alpha value is -5.07. The van der Waals surface area contributed by atoms with Crippen LogP contribution in [0.25, 0.3) is 17.2 Å². The number of fused-ring (bicyclic) bond motifs is 3. The van der Waals surface area contributed by atoms with Crippen molar-refractivity contribution >= 4 is 17.4 Å². The highest BCUT2D eigenvalue weighted by Crippen LogP contribution is 2.43. The minimum atomic E-state index is -4.45. The van der Waals surface area contributed by atoms with Crippen LogP contribution in [0.3, 0.4) is 0 Å². The van der Waals surface area contributed by atoms with Gasteiger partial charge in [-0.15, -0.1) is 10.2 Å². The second-order valence-corrected chi connectivity index (χ2v) is 11.6. The van der Waals surface area contributed by atoms with E-state index in [1.54, 1.807) is 30.9 Å². The Labute approximate surface area is 255 Å². The summed E-state index contributed by atoms with van der Waals surface area (Å²) in [6.45, 7) is 4.54. The summed E-state index contributed by atoms with van der Waals surface area (Å²) in [6.07, 6.45) is 0.816. The molecule has 1 aliphatic carbocycles. The quantitative estimate of drug-likeness (QED) is 0.208. The van der Waals surface area contributed by atoms with E-state index in [4.69, 9.17) is 0 Å². The van der Waals surface area contributed by atoms with Gasteiger partial charge in [0.2, 0.25) is 0 Å². The molecule has 230 valence electrons. The summed E-state index contributed by atoms with van der Waals surface area (Å²) in [6, 6.07) is 12.9. The number of aromatic nitrogens is 6. The minimum absolute atomic E-state index is 0.0902. The Morgan fingerprint density at radius 1 is 1.02 bits per heavy atom. The van der Waals surface area contributed by atoms with Crippen LogP contribution in [0.4, 0.5) is 29.1 Å². The zero-order chi connectivity index (χ0) is 31.5. The number of hydrogen-bond donors (Lipinski definition) is 1. The van der Waals surface area contributed by atoms with Crippen LogP contribution in [0.15, 0.2) is 67.3 Å². The maximum atomic E-state index is 15.7. The highest BCUT2D eigenvalue weighted by Gasteiger charge is 2.34. The standard InChI is InChI=1S/C32H28F4N8O/c1-18(2)43-17-38-41-30(43)25-4-3-5-28(39-25)40-31(45)23-13-26-20(12-24(23)33)14-42(22-10-8-21(9-11-22)32(34,35)36)15-27-29(19-6-7-19)37-16-44(26)27/h3-5,8-13,16-19H,6-7,14-15H2,1-2H3,(H,39,40,45). The number of alkyl halides is 3. The topological polar surface area (TPSA) is 93.8 Å². The van der Waals surface area contributed by atoms with E-state index in [0.717, 1.165) is 36.4 Å². The third-order valence-corrected chi connectivity index (χ3v) is 8.15. The zero-order valence-electron chi connectivity index (χ0n) is 24.4. The molecule has 0 atom stereocenters. The summed E-state index contributed by atoms with van der Waals surface area (Å²) < 4.78 is 59.1. The van der Waals surface area contributed by atoms with Crippen molar-refractivity contribution in [1.82, 2.24) is 29.3 Å². The molecule has 0 bridgehead atoms. The Kier molecular flexibility index (Phi) is 6.90. The minimum Gasteiger partial charge on any atom is -0.361 e. The molecule has 45 heavy (non-hydrogen) atoms. The maximum absolute atomic E-state index is 15.7. The van der Waals surface area contributed by atoms with Gasteiger partial charge in [0.15, 0.2) is 5.82 Å². The van der Waals surface area contributed by atoms with Crippen LogP contribution in [0.2, 0.25) is 0 Å². The molecule has 4 heterocycles. The summed E-state index contributed by atoms with van der Waals surface area (Å²) in [5.74, 6) is -0.370. The van der Waals surface area contributed by atoms with E-state index < -0.39 is 23.5 Å². The van der Waals surface area contributed by atoms with Crippen LogP contribution < -0.4 is 10.2 Å². The molecule has 0 radical (unpaired) electrons. The van der Waals surface area contributed by atoms with Gasteiger partial charge in [-0.2, -0.15) is 13.2 Å². The molecule has 7 rings (SSSR count). The summed E-state index contributed by atoms with van der Waals surface area (Å²) >= 11 is 0. The number of nitrogens with zero attached hydrogens (tertiary/aromatic N) is 7. The average Bonchev–Trinajstić information content (AvgIpc) is 3.61. The molecule has 2 aromatic carbocycles. The molecular weight excluding hydrogens is 588 g/mol. The number of imidazole rings is 1. The lowest BCUT2D eigenvalue weighted by atomic mass is 10.1. The summed E-state index contributed by atoms with van der Waals surface area (Å²) in [5.41, 5.74) is 3.05. The van der Waals surface area contributed by atoms with Gasteiger partial charge < -0.3 is 19.4 Å². The molecule has 0 spiro atoms. The van der Waals surface area contributed by atoms with Crippen LogP contribution in [0.1, 0.15) is 71.5 Å². The summed E-state index contributed by atoms with van der Waals surface area (Å²) in [7, 11) is 0. The Morgan fingerprint density at radius 2 is 1.80 bits per heavy atom. The normalized spacial score (nSPS) is 14.7. The van der Waals surface area contributed by atoms with E-state index in [0.29, 0.717) is 40.9 Å². The number of hydrogen-bond acceptors (Lipinski definition) is 6. The number of rotatable bonds is 6. The van der Waals surface area contributed by atoms with Crippen molar-refractivity contribution in [1.29, 1.82) is 0 Å². The van der Waals surface area contributed by atoms with Crippen LogP contribution in [0, 0.1) is 5.82 Å². The van der Waals surface area contributed by atoms with Crippen molar-refractivity contribution in [3.05, 3.63) is 101 Å². The highest BCUT2D eigenvalue weighted by molar-refractivity contribution is 6.04. The fourth-order valence-electron chi connectivity index (χ4n) is 5.68. The van der Waals surface area contributed by atoms with Gasteiger partial charge in [-0.05, 0) is 80.8 Å². The molecule has 5 aromatic rings. The third kappa shape index (κ3) is 5.42. The first-order valence-electron chi connectivity index (χ1n) is 14.6. The van der Waals surface area contributed by atoms with Crippen molar-refractivity contribution in [2.75, 3.05) is 10.2 Å². The van der Waals surface area contributed by atoms with Crippen LogP contribution in [-0.4, -0.2) is 35.2 Å². The van der Waals surface area contributed by atoms with Gasteiger partial charge in [-0.25, -0.2) is 14.4 Å². The molecule has 1 amide bonds. The van der Waals surface area contributed by atoms with Crippen molar-refractivity contribution < 1.29 is 22.4 Å². The number of halogens is 4. The lowest BCUT2D eigenvalue weighted by molar-refractivity contribution is -0.137. The number of anilines is 2. The number of benzene rings is 2. The molecular formula is C32H28F4N8O. The van der Waals surface area contributed by atoms with Gasteiger partial charge in [-0.3, -0.25) is 4.79 Å². The van der Waals surface area contributed by atoms with Gasteiger partial charge in [0.05, 0.1) is 41.1 Å². The van der Waals surface area contributed by atoms with Crippen LogP contribution >= 0.6 is 0 Å². The SMILES string of the molecule is CC(C)n1cnnc1-c1cccc(NC(=O)c2cc3c(cc2F)CN(c2ccc(C(F)(F)F)cc2)Cc2c(C4CC4)ncn2-3)n1. The molecule has 1 N–H and O–H groups in total. The zero-order valence-corrected chi connectivity index (χ0v) is 24.4. The van der Waals surface area contributed by atoms with E-state index in [2.05, 4.69) is 25.5 Å². The monoisotopic (exact) mass is 616 g/mol. The number of carbonyl (C=O) groups excluding carboxylic acids is 1. The van der Waals surface area contributed by atoms with E-state index in [9.17, 15) is 18.0 Å². The average molecular weight is 617 g/mol. The van der Waals surface area contributed by atoms with Crippen molar-refractivity contribution in [2.24, 2.45) is 0 Å². The number of nitrogens with one attached hydrogen (secondary N) is 1. The summed E-state index contributed by atoms with van der Waals surface area (Å²) in [4.78, 5) is 24.5. The molecule has 1 saturated carbocycles. The van der Waals surface area contributed by atoms with Crippen molar-refractivity contribution in [3.8, 4) is 17.2 Å². The predicted octanol–water partition coefficient (Wildman–Crippen LogP) is 6.91. The maximum Gasteiger partial charge on any atom is 0.416 e. The van der Waals surface area contributed by atoms with E-state index in [1.165, 1.54) is 24.3 Å². The Bertz CT molecular complexity index is 1910. The number of amides is 1. The van der Waals surface area contributed by atoms with E-state index in [1.807, 2.05) is 27.9 Å². The fraction of sp³-hybridized carbons (Fsp3) is 0.281. The Morgan fingerprint density at radius 3 is 2.51 bits per heavy atom. The van der Waals surface area contributed by atoms with Gasteiger partial charge in [-0.1, -0.05) is 6.07 Å². The van der Waals surface area contributed by atoms with Gasteiger partial charge in [0, 0.05) is 24.2 Å². The molecule has 2 aliphatic rings. The molecule has 0 unspecified atom stereocenters. The van der Waals surface area contributed by atoms with E-state index in [-0.39, 0.29) is 24.0 Å². The lowest BCUT2D eigenvalue weighted by Gasteiger charge is -2.24. The third-order valence-electron chi connectivity index (χ3n) is 8.15. The molecule has 3 aromatic heterocycles. The Balaban J connectivity index is 1.23. The van der Waals surface area contributed by atoms with Crippen molar-refractivity contribution in [2.45, 2.75) is 57.9 Å². The largest absolute Gasteiger partial charge is 0.416 e. The highest BCUT2D eigenvalue weighted by atomic mass is 19.4. The number of pyridine rings is 1. The smallest absolute Gasteiger partial charge is 0.361 e. The molecule has 1 fully saturated rings. The fourth-order valence-corrected chi connectivity index (χ4v) is 5.68. The first-order valence-corrected chi connectivity index (χ1v) is 14.6. The molecule has 13 heteroatoms. The second-order valence-electron chi connectivity index (χ2n) is 11.6. The van der Waals surface area contributed by atoms with Gasteiger partial charge in [0.25, 0.3) is 5.91 Å². The summed E-state index contributed by atoms with van der Waals surface area (Å²) in [5, 5.41) is 10.8. The van der Waals surface area contributed by atoms with E-state index >= 15 is 4.39 Å².